The van der Waals surface area contributed by atoms with E-state index in [2.05, 4.69) is 16.0 Å². The summed E-state index contributed by atoms with van der Waals surface area (Å²) in [6.45, 7) is 4.19. The van der Waals surface area contributed by atoms with Gasteiger partial charge in [0.15, 0.2) is 11.5 Å². The van der Waals surface area contributed by atoms with Crippen LogP contribution in [0.5, 0.6) is 11.5 Å². The van der Waals surface area contributed by atoms with Crippen molar-refractivity contribution in [3.05, 3.63) is 119 Å². The van der Waals surface area contributed by atoms with Crippen molar-refractivity contribution in [1.29, 1.82) is 0 Å². The molecule has 0 aliphatic rings. The van der Waals surface area contributed by atoms with Crippen LogP contribution in [0.25, 0.3) is 6.08 Å². The molecular formula is C38H39N3O7S. The topological polar surface area (TPSA) is 132 Å². The number of thioether (sulfide) groups is 1. The maximum atomic E-state index is 13.5. The van der Waals surface area contributed by atoms with Crippen LogP contribution < -0.4 is 25.4 Å². The number of ether oxygens (including phenoxy) is 3. The molecule has 0 spiro atoms. The molecule has 0 bridgehead atoms. The van der Waals surface area contributed by atoms with E-state index >= 15 is 0 Å². The average Bonchev–Trinajstić information content (AvgIpc) is 3.12. The Labute approximate surface area is 290 Å². The largest absolute Gasteiger partial charge is 0.493 e. The molecule has 3 amide bonds. The number of hydrogen-bond acceptors (Lipinski definition) is 8. The van der Waals surface area contributed by atoms with Gasteiger partial charge in [-0.05, 0) is 97.8 Å². The van der Waals surface area contributed by atoms with Crippen LogP contribution in [-0.2, 0) is 14.3 Å². The van der Waals surface area contributed by atoms with Gasteiger partial charge < -0.3 is 30.2 Å². The van der Waals surface area contributed by atoms with Crippen molar-refractivity contribution < 1.29 is 33.4 Å². The number of carbonyl (C=O) groups is 4. The average molecular weight is 682 g/mol. The third-order valence-corrected chi connectivity index (χ3v) is 8.27. The van der Waals surface area contributed by atoms with E-state index in [0.29, 0.717) is 46.2 Å². The van der Waals surface area contributed by atoms with Crippen molar-refractivity contribution in [2.75, 3.05) is 31.5 Å². The number of nitrogens with one attached hydrogen (secondary N) is 3. The monoisotopic (exact) mass is 681 g/mol. The van der Waals surface area contributed by atoms with Gasteiger partial charge in [0.05, 0.1) is 31.6 Å². The van der Waals surface area contributed by atoms with E-state index in [0.717, 1.165) is 17.7 Å². The molecule has 3 N–H and O–H groups in total. The molecule has 0 heterocycles. The summed E-state index contributed by atoms with van der Waals surface area (Å²) >= 11 is 1.35. The minimum atomic E-state index is -0.535. The van der Waals surface area contributed by atoms with E-state index in [1.54, 1.807) is 110 Å². The molecule has 11 heteroatoms. The first kappa shape index (κ1) is 36.3. The highest BCUT2D eigenvalue weighted by Gasteiger charge is 2.18. The Hall–Kier alpha value is -5.55. The maximum absolute atomic E-state index is 13.5. The smallest absolute Gasteiger partial charge is 0.338 e. The van der Waals surface area contributed by atoms with E-state index in [1.165, 1.54) is 26.0 Å². The molecule has 4 aromatic rings. The van der Waals surface area contributed by atoms with Crippen molar-refractivity contribution in [3.63, 3.8) is 0 Å². The molecule has 4 rings (SSSR count). The van der Waals surface area contributed by atoms with Crippen LogP contribution in [0.2, 0.25) is 0 Å². The summed E-state index contributed by atoms with van der Waals surface area (Å²) in [6, 6.07) is 27.3. The number of rotatable bonds is 15. The van der Waals surface area contributed by atoms with Crippen molar-refractivity contribution in [2.24, 2.45) is 0 Å². The zero-order valence-corrected chi connectivity index (χ0v) is 28.6. The summed E-state index contributed by atoms with van der Waals surface area (Å²) in [6.07, 6.45) is 3.30. The minimum absolute atomic E-state index is 0.0197. The van der Waals surface area contributed by atoms with Gasteiger partial charge in [0.2, 0.25) is 5.91 Å². The van der Waals surface area contributed by atoms with E-state index in [4.69, 9.17) is 14.2 Å². The van der Waals surface area contributed by atoms with Crippen LogP contribution in [0.1, 0.15) is 53.0 Å². The highest BCUT2D eigenvalue weighted by Crippen LogP contribution is 2.29. The number of amides is 3. The number of anilines is 2. The fourth-order valence-corrected chi connectivity index (χ4v) is 5.32. The summed E-state index contributed by atoms with van der Waals surface area (Å²) in [5.41, 5.74) is 2.50. The van der Waals surface area contributed by atoms with E-state index in [-0.39, 0.29) is 11.6 Å². The highest BCUT2D eigenvalue weighted by atomic mass is 32.2. The van der Waals surface area contributed by atoms with Gasteiger partial charge in [-0.15, -0.1) is 11.8 Å². The standard InChI is InChI=1S/C38H39N3O7S/c1-5-6-22-48-38(45)28-13-15-29(16-14-28)39-35(42)25(2)49-31-19-17-30(18-20-31)40-37(44)32(41-36(43)27-10-8-7-9-11-27)23-26-12-21-33(46-3)34(24-26)47-4/h7-21,23-25H,5-6,22H2,1-4H3,(H,39,42)(H,40,44)(H,41,43)/b32-23-. The second kappa shape index (κ2) is 18.1. The maximum Gasteiger partial charge on any atom is 0.338 e. The lowest BCUT2D eigenvalue weighted by molar-refractivity contribution is -0.115. The fraction of sp³-hybridized carbons (Fsp3) is 0.211. The molecule has 10 nitrogen and oxygen atoms in total. The Morgan fingerprint density at radius 3 is 2.08 bits per heavy atom. The van der Waals surface area contributed by atoms with Gasteiger partial charge in [0.1, 0.15) is 5.70 Å². The van der Waals surface area contributed by atoms with Crippen LogP contribution in [0.15, 0.2) is 108 Å². The van der Waals surface area contributed by atoms with Crippen molar-refractivity contribution in [3.8, 4) is 11.5 Å². The third kappa shape index (κ3) is 10.7. The zero-order chi connectivity index (χ0) is 35.2. The Kier molecular flexibility index (Phi) is 13.4. The lowest BCUT2D eigenvalue weighted by Gasteiger charge is -2.14. The molecule has 0 aromatic heterocycles. The van der Waals surface area contributed by atoms with Crippen LogP contribution in [0, 0.1) is 0 Å². The number of hydrogen-bond donors (Lipinski definition) is 3. The number of esters is 1. The Morgan fingerprint density at radius 2 is 1.43 bits per heavy atom. The molecule has 49 heavy (non-hydrogen) atoms. The molecule has 254 valence electrons. The van der Waals surface area contributed by atoms with Gasteiger partial charge >= 0.3 is 5.97 Å². The summed E-state index contributed by atoms with van der Waals surface area (Å²) < 4.78 is 15.9. The van der Waals surface area contributed by atoms with E-state index in [9.17, 15) is 19.2 Å². The van der Waals surface area contributed by atoms with Gasteiger partial charge in [-0.1, -0.05) is 37.6 Å². The Morgan fingerprint density at radius 1 is 0.776 bits per heavy atom. The molecule has 0 saturated carbocycles. The first-order valence-corrected chi connectivity index (χ1v) is 16.5. The van der Waals surface area contributed by atoms with Crippen LogP contribution in [0.3, 0.4) is 0 Å². The van der Waals surface area contributed by atoms with Crippen LogP contribution in [0.4, 0.5) is 11.4 Å². The van der Waals surface area contributed by atoms with Crippen LogP contribution in [-0.4, -0.2) is 49.8 Å². The molecule has 0 aliphatic carbocycles. The molecule has 1 atom stereocenters. The molecule has 0 radical (unpaired) electrons. The highest BCUT2D eigenvalue weighted by molar-refractivity contribution is 8.00. The van der Waals surface area contributed by atoms with Gasteiger partial charge in [0.25, 0.3) is 11.8 Å². The first-order valence-electron chi connectivity index (χ1n) is 15.7. The van der Waals surface area contributed by atoms with Crippen molar-refractivity contribution >= 4 is 52.9 Å². The van der Waals surface area contributed by atoms with Crippen LogP contribution >= 0.6 is 11.8 Å². The second-order valence-electron chi connectivity index (χ2n) is 10.8. The predicted molar refractivity (Wildman–Crippen MR) is 192 cm³/mol. The first-order chi connectivity index (χ1) is 23.7. The van der Waals surface area contributed by atoms with E-state index in [1.807, 2.05) is 6.92 Å². The second-order valence-corrected chi connectivity index (χ2v) is 12.2. The van der Waals surface area contributed by atoms with Gasteiger partial charge in [0, 0.05) is 21.8 Å². The number of carbonyl (C=O) groups excluding carboxylic acids is 4. The van der Waals surface area contributed by atoms with Crippen molar-refractivity contribution in [1.82, 2.24) is 5.32 Å². The minimum Gasteiger partial charge on any atom is -0.493 e. The predicted octanol–water partition coefficient (Wildman–Crippen LogP) is 7.19. The molecule has 4 aromatic carbocycles. The van der Waals surface area contributed by atoms with Crippen molar-refractivity contribution in [2.45, 2.75) is 36.8 Å². The van der Waals surface area contributed by atoms with E-state index < -0.39 is 23.0 Å². The quantitative estimate of drug-likeness (QED) is 0.0520. The van der Waals surface area contributed by atoms with Gasteiger partial charge in [-0.2, -0.15) is 0 Å². The van der Waals surface area contributed by atoms with Gasteiger partial charge in [-0.25, -0.2) is 4.79 Å². The number of benzene rings is 4. The number of methoxy groups -OCH3 is 2. The SMILES string of the molecule is CCCCOC(=O)c1ccc(NC(=O)C(C)Sc2ccc(NC(=O)/C(=C/c3ccc(OC)c(OC)c3)NC(=O)c3ccccc3)cc2)cc1. The third-order valence-electron chi connectivity index (χ3n) is 7.16. The lowest BCUT2D eigenvalue weighted by atomic mass is 10.1. The number of unbranched alkanes of at least 4 members (excludes halogenated alkanes) is 1. The fourth-order valence-electron chi connectivity index (χ4n) is 4.45. The molecule has 1 unspecified atom stereocenters. The summed E-state index contributed by atoms with van der Waals surface area (Å²) in [5.74, 6) is -0.579. The zero-order valence-electron chi connectivity index (χ0n) is 27.8. The molecule has 0 saturated heterocycles. The molecule has 0 fully saturated rings. The Balaban J connectivity index is 1.39. The normalized spacial score (nSPS) is 11.6. The summed E-state index contributed by atoms with van der Waals surface area (Å²) in [7, 11) is 3.04. The molecular weight excluding hydrogens is 642 g/mol. The lowest BCUT2D eigenvalue weighted by Crippen LogP contribution is -2.30. The van der Waals surface area contributed by atoms with Gasteiger partial charge in [-0.3, -0.25) is 14.4 Å². The Bertz CT molecular complexity index is 1780. The summed E-state index contributed by atoms with van der Waals surface area (Å²) in [5, 5.41) is 7.98. The summed E-state index contributed by atoms with van der Waals surface area (Å²) in [4.78, 5) is 52.3. The molecule has 0 aliphatic heterocycles.